The monoisotopic (exact) mass is 348 g/mol. The van der Waals surface area contributed by atoms with Crippen LogP contribution in [0.1, 0.15) is 40.0 Å². The Balaban J connectivity index is 2.40. The number of carbonyl (C=O) groups excluding carboxylic acids is 1. The lowest BCUT2D eigenvalue weighted by Crippen LogP contribution is -2.36. The molecule has 0 aliphatic heterocycles. The molecule has 3 atom stereocenters. The molecule has 6 heteroatoms. The summed E-state index contributed by atoms with van der Waals surface area (Å²) >= 11 is 0. The zero-order chi connectivity index (χ0) is 19.4. The van der Waals surface area contributed by atoms with Gasteiger partial charge in [-0.15, -0.1) is 0 Å². The number of nitrogens with zero attached hydrogens (tertiary/aromatic N) is 3. The van der Waals surface area contributed by atoms with Crippen molar-refractivity contribution in [3.05, 3.63) is 27.9 Å². The Kier molecular flexibility index (Phi) is 5.78. The fourth-order valence-electron chi connectivity index (χ4n) is 3.74. The van der Waals surface area contributed by atoms with E-state index < -0.39 is 5.97 Å². The molecule has 0 aromatic heterocycles. The zero-order valence-electron chi connectivity index (χ0n) is 15.1. The van der Waals surface area contributed by atoms with Crippen LogP contribution in [0.2, 0.25) is 0 Å². The maximum absolute atomic E-state index is 12.8. The van der Waals surface area contributed by atoms with E-state index in [0.29, 0.717) is 11.8 Å². The number of ether oxygens (including phenoxy) is 1. The van der Waals surface area contributed by atoms with E-state index in [2.05, 4.69) is 20.8 Å². The molecule has 0 spiro atoms. The van der Waals surface area contributed by atoms with Crippen LogP contribution < -0.4 is 0 Å². The quantitative estimate of drug-likeness (QED) is 0.619. The van der Waals surface area contributed by atoms with Gasteiger partial charge in [0.1, 0.15) is 24.3 Å². The Labute approximate surface area is 153 Å². The lowest BCUT2D eigenvalue weighted by atomic mass is 9.75. The first-order valence-electron chi connectivity index (χ1n) is 8.60. The number of hydrogen-bond acceptors (Lipinski definition) is 6. The molecule has 2 aliphatic carbocycles. The molecule has 0 saturated heterocycles. The van der Waals surface area contributed by atoms with E-state index in [1.165, 1.54) is 0 Å². The van der Waals surface area contributed by atoms with Gasteiger partial charge in [0.15, 0.2) is 0 Å². The van der Waals surface area contributed by atoms with E-state index >= 15 is 0 Å². The van der Waals surface area contributed by atoms with Crippen molar-refractivity contribution in [1.82, 2.24) is 0 Å². The molecule has 0 aromatic carbocycles. The van der Waals surface area contributed by atoms with Crippen molar-refractivity contribution in [2.24, 2.45) is 17.8 Å². The van der Waals surface area contributed by atoms with Crippen molar-refractivity contribution in [3.63, 3.8) is 0 Å². The van der Waals surface area contributed by atoms with E-state index in [0.717, 1.165) is 19.3 Å². The summed E-state index contributed by atoms with van der Waals surface area (Å²) in [6.07, 6.45) is 2.48. The standard InChI is InChI=1S/C20H20N4O2/c1-11(2)13-5-4-12(3)6-18(13)26-20(25)19-16(9-23)14(7-21)15(8-22)17(19)10-24/h11-13,18,23H,4-6H2,1-3H3/t12-,13+,18-/m0/s1. The molecule has 2 aliphatic rings. The van der Waals surface area contributed by atoms with Crippen LogP contribution in [0.4, 0.5) is 0 Å². The fourth-order valence-corrected chi connectivity index (χ4v) is 3.74. The average molecular weight is 348 g/mol. The van der Waals surface area contributed by atoms with Gasteiger partial charge in [0.05, 0.1) is 27.9 Å². The molecule has 1 saturated carbocycles. The molecule has 0 bridgehead atoms. The van der Waals surface area contributed by atoms with Gasteiger partial charge in [-0.3, -0.25) is 5.41 Å². The largest absolute Gasteiger partial charge is 0.458 e. The minimum absolute atomic E-state index is 0.143. The number of carbonyl (C=O) groups is 1. The highest BCUT2D eigenvalue weighted by molar-refractivity contribution is 6.05. The number of rotatable bonds is 3. The SMILES string of the molecule is CC(C)[C@H]1CC[C@H](C)C[C@@H]1OC(=O)C1=C(C#N)C(C#N)=C(C#N)C1=C=N. The van der Waals surface area contributed by atoms with Crippen molar-refractivity contribution in [3.8, 4) is 18.2 Å². The molecular weight excluding hydrogens is 328 g/mol. The number of hydrogen-bond donors (Lipinski definition) is 1. The summed E-state index contributed by atoms with van der Waals surface area (Å²) in [6, 6.07) is 5.38. The molecule has 0 radical (unpaired) electrons. The van der Waals surface area contributed by atoms with E-state index in [4.69, 9.17) is 10.1 Å². The summed E-state index contributed by atoms with van der Waals surface area (Å²) in [5.74, 6) is 2.25. The first-order valence-corrected chi connectivity index (χ1v) is 8.60. The normalized spacial score (nSPS) is 25.4. The van der Waals surface area contributed by atoms with Crippen LogP contribution in [-0.4, -0.2) is 17.9 Å². The van der Waals surface area contributed by atoms with Crippen molar-refractivity contribution in [2.75, 3.05) is 0 Å². The van der Waals surface area contributed by atoms with Crippen molar-refractivity contribution in [1.29, 1.82) is 21.2 Å². The van der Waals surface area contributed by atoms with Crippen LogP contribution in [-0.2, 0) is 9.53 Å². The Morgan fingerprint density at radius 3 is 2.23 bits per heavy atom. The molecule has 26 heavy (non-hydrogen) atoms. The Hall–Kier alpha value is -3.13. The lowest BCUT2D eigenvalue weighted by molar-refractivity contribution is -0.150. The second-order valence-corrected chi connectivity index (χ2v) is 7.11. The fraction of sp³-hybridized carbons (Fsp3) is 0.500. The summed E-state index contributed by atoms with van der Waals surface area (Å²) in [7, 11) is 0. The molecule has 0 aromatic rings. The van der Waals surface area contributed by atoms with Gasteiger partial charge >= 0.3 is 5.97 Å². The van der Waals surface area contributed by atoms with Gasteiger partial charge in [0.25, 0.3) is 0 Å². The maximum atomic E-state index is 12.8. The summed E-state index contributed by atoms with van der Waals surface area (Å²) in [4.78, 5) is 12.8. The predicted molar refractivity (Wildman–Crippen MR) is 93.4 cm³/mol. The average Bonchev–Trinajstić information content (AvgIpc) is 2.93. The Morgan fingerprint density at radius 1 is 1.12 bits per heavy atom. The van der Waals surface area contributed by atoms with E-state index in [-0.39, 0.29) is 39.9 Å². The van der Waals surface area contributed by atoms with Gasteiger partial charge in [-0.25, -0.2) is 4.79 Å². The molecule has 1 fully saturated rings. The molecule has 0 amide bonds. The molecule has 1 N–H and O–H groups in total. The summed E-state index contributed by atoms with van der Waals surface area (Å²) in [6.45, 7) is 6.28. The second-order valence-electron chi connectivity index (χ2n) is 7.11. The molecule has 0 heterocycles. The lowest BCUT2D eigenvalue weighted by Gasteiger charge is -2.36. The molecular formula is C20H20N4O2. The van der Waals surface area contributed by atoms with Crippen LogP contribution in [0.3, 0.4) is 0 Å². The van der Waals surface area contributed by atoms with Gasteiger partial charge in [0.2, 0.25) is 0 Å². The minimum atomic E-state index is -0.765. The second kappa shape index (κ2) is 7.83. The maximum Gasteiger partial charge on any atom is 0.341 e. The molecule has 6 nitrogen and oxygen atoms in total. The summed E-state index contributed by atoms with van der Waals surface area (Å²) in [5.41, 5.74) is -0.932. The van der Waals surface area contributed by atoms with Crippen molar-refractivity contribution in [2.45, 2.75) is 46.1 Å². The van der Waals surface area contributed by atoms with Crippen LogP contribution in [0.25, 0.3) is 0 Å². The summed E-state index contributed by atoms with van der Waals surface area (Å²) < 4.78 is 5.73. The summed E-state index contributed by atoms with van der Waals surface area (Å²) in [5, 5.41) is 35.3. The predicted octanol–water partition coefficient (Wildman–Crippen LogP) is 3.34. The third kappa shape index (κ3) is 3.31. The van der Waals surface area contributed by atoms with Gasteiger partial charge < -0.3 is 4.74 Å². The van der Waals surface area contributed by atoms with Crippen LogP contribution in [0.15, 0.2) is 27.9 Å². The number of nitriles is 3. The van der Waals surface area contributed by atoms with Gasteiger partial charge in [-0.2, -0.15) is 15.8 Å². The van der Waals surface area contributed by atoms with Gasteiger partial charge in [0, 0.05) is 0 Å². The minimum Gasteiger partial charge on any atom is -0.458 e. The third-order valence-corrected chi connectivity index (χ3v) is 5.13. The topological polar surface area (TPSA) is 122 Å². The van der Waals surface area contributed by atoms with Gasteiger partial charge in [-0.05, 0) is 36.5 Å². The van der Waals surface area contributed by atoms with E-state index in [1.807, 2.05) is 11.9 Å². The highest BCUT2D eigenvalue weighted by Crippen LogP contribution is 2.39. The number of allylic oxidation sites excluding steroid dienone is 3. The molecule has 132 valence electrons. The van der Waals surface area contributed by atoms with Crippen LogP contribution in [0.5, 0.6) is 0 Å². The van der Waals surface area contributed by atoms with Crippen molar-refractivity contribution < 1.29 is 9.53 Å². The Morgan fingerprint density at radius 2 is 1.73 bits per heavy atom. The molecule has 2 rings (SSSR count). The third-order valence-electron chi connectivity index (χ3n) is 5.13. The molecule has 0 unspecified atom stereocenters. The Bertz CT molecular complexity index is 867. The highest BCUT2D eigenvalue weighted by atomic mass is 16.5. The number of nitrogens with one attached hydrogen (secondary N) is 1. The highest BCUT2D eigenvalue weighted by Gasteiger charge is 2.39. The van der Waals surface area contributed by atoms with E-state index in [1.54, 1.807) is 12.1 Å². The van der Waals surface area contributed by atoms with Crippen LogP contribution >= 0.6 is 0 Å². The van der Waals surface area contributed by atoms with Gasteiger partial charge in [-0.1, -0.05) is 27.2 Å². The van der Waals surface area contributed by atoms with Crippen LogP contribution in [0, 0.1) is 57.2 Å². The first-order chi connectivity index (χ1) is 12.4. The number of esters is 1. The zero-order valence-corrected chi connectivity index (χ0v) is 15.1. The first kappa shape index (κ1) is 19.2. The van der Waals surface area contributed by atoms with Crippen molar-refractivity contribution >= 4 is 11.8 Å². The van der Waals surface area contributed by atoms with E-state index in [9.17, 15) is 20.6 Å². The smallest absolute Gasteiger partial charge is 0.341 e.